The van der Waals surface area contributed by atoms with Crippen molar-refractivity contribution in [3.8, 4) is 0 Å². The van der Waals surface area contributed by atoms with Crippen molar-refractivity contribution in [3.05, 3.63) is 0 Å². The van der Waals surface area contributed by atoms with Gasteiger partial charge in [-0.25, -0.2) is 0 Å². The number of ether oxygens (including phenoxy) is 1. The summed E-state index contributed by atoms with van der Waals surface area (Å²) in [6.07, 6.45) is -10.6. The first-order chi connectivity index (χ1) is 5.91. The Morgan fingerprint density at radius 3 is 1.79 bits per heavy atom. The van der Waals surface area contributed by atoms with Crippen molar-refractivity contribution in [2.45, 2.75) is 18.1 Å². The minimum absolute atomic E-state index is 2.18. The molecule has 0 N–H and O–H groups in total. The lowest BCUT2D eigenvalue weighted by Gasteiger charge is -2.13. The molecule has 1 fully saturated rings. The first-order valence-electron chi connectivity index (χ1n) is 2.71. The van der Waals surface area contributed by atoms with Crippen LogP contribution in [0.15, 0.2) is 0 Å². The van der Waals surface area contributed by atoms with Crippen LogP contribution in [-0.2, 0) is 19.4 Å². The second-order valence-corrected chi connectivity index (χ2v) is 3.16. The molecule has 1 unspecified atom stereocenters. The molecule has 4 nitrogen and oxygen atoms in total. The molecule has 0 spiro atoms. The monoisotopic (exact) mass is 246 g/mol. The topological polar surface area (TPSA) is 55.9 Å². The molecule has 1 aliphatic heterocycles. The number of alkyl halides is 5. The summed E-state index contributed by atoms with van der Waals surface area (Å²) in [6.45, 7) is 0. The average Bonchev–Trinajstić information content (AvgIpc) is 2.26. The largest absolute Gasteiger partial charge is 0.442 e. The van der Waals surface area contributed by atoms with Gasteiger partial charge in [-0.05, 0) is 0 Å². The quantitative estimate of drug-likeness (QED) is 0.425. The highest BCUT2D eigenvalue weighted by molar-refractivity contribution is 7.81. The normalized spacial score (nSPS) is 31.6. The molecule has 1 atom stereocenters. The van der Waals surface area contributed by atoms with E-state index in [1.165, 1.54) is 0 Å². The van der Waals surface area contributed by atoms with E-state index in [0.717, 1.165) is 0 Å². The van der Waals surface area contributed by atoms with Crippen molar-refractivity contribution < 1.29 is 43.2 Å². The van der Waals surface area contributed by atoms with Gasteiger partial charge in [-0.3, -0.25) is 4.74 Å². The number of hydrogen-bond donors (Lipinski definition) is 0. The van der Waals surface area contributed by atoms with Gasteiger partial charge in [-0.1, -0.05) is 3.89 Å². The van der Waals surface area contributed by atoms with E-state index in [-0.39, 0.29) is 0 Å². The molecular weight excluding hydrogens is 246 g/mol. The second kappa shape index (κ2) is 2.52. The van der Waals surface area contributed by atoms with Crippen LogP contribution in [0.25, 0.3) is 0 Å². The Labute approximate surface area is 72.8 Å². The Morgan fingerprint density at radius 1 is 1.21 bits per heavy atom. The van der Waals surface area contributed by atoms with E-state index >= 15 is 0 Å². The Kier molecular flexibility index (Phi) is 2.07. The van der Waals surface area contributed by atoms with Crippen LogP contribution in [0.4, 0.5) is 25.8 Å². The van der Waals surface area contributed by atoms with Gasteiger partial charge in [0.25, 0.3) is 0 Å². The predicted molar refractivity (Wildman–Crippen MR) is 25.9 cm³/mol. The summed E-state index contributed by atoms with van der Waals surface area (Å²) in [5, 5.41) is 0. The van der Waals surface area contributed by atoms with Crippen LogP contribution in [0.2, 0.25) is 0 Å². The van der Waals surface area contributed by atoms with E-state index in [1.54, 1.807) is 0 Å². The molecule has 0 bridgehead atoms. The molecule has 0 saturated carbocycles. The fraction of sp³-hybridized carbons (Fsp3) is 1.00. The molecule has 1 heterocycles. The van der Waals surface area contributed by atoms with Crippen LogP contribution in [0.3, 0.4) is 0 Å². The zero-order valence-electron chi connectivity index (χ0n) is 5.81. The summed E-state index contributed by atoms with van der Waals surface area (Å²) in [7, 11) is -6.28. The lowest BCUT2D eigenvalue weighted by molar-refractivity contribution is -0.263. The summed E-state index contributed by atoms with van der Waals surface area (Å²) >= 11 is 0. The first-order valence-corrected chi connectivity index (χ1v) is 4.02. The number of rotatable bonds is 3. The Balaban J connectivity index is 2.89. The summed E-state index contributed by atoms with van der Waals surface area (Å²) < 4.78 is 95.5. The van der Waals surface area contributed by atoms with Crippen LogP contribution in [-0.4, -0.2) is 26.5 Å². The zero-order chi connectivity index (χ0) is 11.4. The Morgan fingerprint density at radius 2 is 1.57 bits per heavy atom. The minimum atomic E-state index is -6.28. The van der Waals surface area contributed by atoms with E-state index in [2.05, 4.69) is 8.92 Å². The van der Waals surface area contributed by atoms with E-state index in [1.807, 2.05) is 0 Å². The van der Waals surface area contributed by atoms with E-state index in [0.29, 0.717) is 0 Å². The van der Waals surface area contributed by atoms with Gasteiger partial charge in [-0.15, -0.1) is 0 Å². The maximum absolute atomic E-state index is 12.3. The maximum Gasteiger partial charge on any atom is 0.442 e. The highest BCUT2D eigenvalue weighted by atomic mass is 32.3. The van der Waals surface area contributed by atoms with Crippen LogP contribution < -0.4 is 0 Å². The van der Waals surface area contributed by atoms with Gasteiger partial charge in [0.2, 0.25) is 0 Å². The van der Waals surface area contributed by atoms with Gasteiger partial charge in [0.15, 0.2) is 0 Å². The Hall–Kier alpha value is -0.550. The number of halogens is 6. The Bertz CT molecular complexity index is 350. The smallest absolute Gasteiger partial charge is 0.263 e. The van der Waals surface area contributed by atoms with E-state index in [4.69, 9.17) is 0 Å². The molecule has 0 aromatic rings. The van der Waals surface area contributed by atoms with Gasteiger partial charge < -0.3 is 0 Å². The standard InChI is InChI=1S/C3F6O4S/c4-1(2(5,6)12-1)3(7,8)13-14(9,10)11. The minimum Gasteiger partial charge on any atom is -0.263 e. The highest BCUT2D eigenvalue weighted by Gasteiger charge is 2.90. The van der Waals surface area contributed by atoms with Gasteiger partial charge >= 0.3 is 28.6 Å². The molecule has 1 aliphatic rings. The van der Waals surface area contributed by atoms with Crippen molar-refractivity contribution >= 4 is 10.5 Å². The molecule has 0 aliphatic carbocycles. The molecule has 14 heavy (non-hydrogen) atoms. The number of epoxide rings is 1. The van der Waals surface area contributed by atoms with Crippen LogP contribution in [0, 0.1) is 0 Å². The molecule has 84 valence electrons. The maximum atomic E-state index is 12.3. The van der Waals surface area contributed by atoms with Crippen molar-refractivity contribution in [3.63, 3.8) is 0 Å². The van der Waals surface area contributed by atoms with Gasteiger partial charge in [-0.2, -0.15) is 34.6 Å². The summed E-state index contributed by atoms with van der Waals surface area (Å²) in [6, 6.07) is 0. The fourth-order valence-electron chi connectivity index (χ4n) is 0.559. The van der Waals surface area contributed by atoms with E-state index in [9.17, 15) is 34.3 Å². The lowest BCUT2D eigenvalue weighted by atomic mass is 10.4. The van der Waals surface area contributed by atoms with Gasteiger partial charge in [0.05, 0.1) is 0 Å². The van der Waals surface area contributed by atoms with Crippen molar-refractivity contribution in [1.82, 2.24) is 0 Å². The molecule has 1 rings (SSSR count). The summed E-state index contributed by atoms with van der Waals surface area (Å²) in [4.78, 5) is 0. The molecule has 1 saturated heterocycles. The van der Waals surface area contributed by atoms with E-state index < -0.39 is 28.6 Å². The first kappa shape index (κ1) is 11.5. The molecule has 0 amide bonds. The van der Waals surface area contributed by atoms with Crippen LogP contribution in [0.1, 0.15) is 0 Å². The van der Waals surface area contributed by atoms with Crippen molar-refractivity contribution in [2.24, 2.45) is 0 Å². The van der Waals surface area contributed by atoms with Crippen molar-refractivity contribution in [2.75, 3.05) is 0 Å². The molecular formula is C3F6O4S. The zero-order valence-corrected chi connectivity index (χ0v) is 6.63. The lowest BCUT2D eigenvalue weighted by Crippen LogP contribution is -2.40. The van der Waals surface area contributed by atoms with Gasteiger partial charge in [0, 0.05) is 0 Å². The SMILES string of the molecule is O=S(=O)(F)OC(F)(F)C1(F)OC1(F)F. The fourth-order valence-corrected chi connectivity index (χ4v) is 0.916. The summed E-state index contributed by atoms with van der Waals surface area (Å²) in [5.41, 5.74) is 0. The summed E-state index contributed by atoms with van der Waals surface area (Å²) in [5.74, 6) is -4.96. The molecule has 11 heteroatoms. The predicted octanol–water partition coefficient (Wildman–Crippen LogP) is 1.10. The molecule has 0 aromatic heterocycles. The molecule has 0 radical (unpaired) electrons. The molecule has 0 aromatic carbocycles. The third-order valence-electron chi connectivity index (χ3n) is 1.18. The third kappa shape index (κ3) is 1.66. The average molecular weight is 246 g/mol. The van der Waals surface area contributed by atoms with Crippen molar-refractivity contribution in [1.29, 1.82) is 0 Å². The highest BCUT2D eigenvalue weighted by Crippen LogP contribution is 2.60. The second-order valence-electron chi connectivity index (χ2n) is 2.21. The van der Waals surface area contributed by atoms with Crippen LogP contribution >= 0.6 is 0 Å². The van der Waals surface area contributed by atoms with Crippen LogP contribution in [0.5, 0.6) is 0 Å². The third-order valence-corrected chi connectivity index (χ3v) is 1.59. The van der Waals surface area contributed by atoms with Gasteiger partial charge in [0.1, 0.15) is 0 Å². The number of hydrogen-bond acceptors (Lipinski definition) is 4.